The number of carbonyl (C=O) groups is 1. The Balaban J connectivity index is 1.71. The van der Waals surface area contributed by atoms with Crippen LogP contribution >= 0.6 is 23.2 Å². The highest BCUT2D eigenvalue weighted by molar-refractivity contribution is 6.39. The molecule has 0 radical (unpaired) electrons. The van der Waals surface area contributed by atoms with E-state index in [2.05, 4.69) is 20.6 Å². The van der Waals surface area contributed by atoms with Gasteiger partial charge in [-0.25, -0.2) is 9.97 Å². The predicted octanol–water partition coefficient (Wildman–Crippen LogP) is 2.15. The number of amides is 1. The molecule has 1 amide bonds. The average molecular weight is 367 g/mol. The molecule has 4 N–H and O–H groups in total. The number of rotatable bonds is 3. The van der Waals surface area contributed by atoms with E-state index in [1.807, 2.05) is 0 Å². The molecule has 1 aliphatic rings. The summed E-state index contributed by atoms with van der Waals surface area (Å²) in [6.45, 7) is 2.96. The minimum Gasteiger partial charge on any atom is -0.396 e. The Labute approximate surface area is 149 Å². The predicted molar refractivity (Wildman–Crippen MR) is 95.0 cm³/mol. The molecular formula is C15H16Cl2N6O. The standard InChI is InChI=1S/C15H16Cl2N6O/c16-11-5-10(6-12(17)13(11)18)22-15-20-7-9(8-21-15)14(24)23-3-1-19-2-4-23/h5-8,19H,1-4,18H2,(H,20,21,22). The maximum Gasteiger partial charge on any atom is 0.257 e. The molecular weight excluding hydrogens is 351 g/mol. The SMILES string of the molecule is Nc1c(Cl)cc(Nc2ncc(C(=O)N3CCNCC3)cn2)cc1Cl. The van der Waals surface area contributed by atoms with Crippen LogP contribution in [0.25, 0.3) is 0 Å². The molecule has 3 rings (SSSR count). The van der Waals surface area contributed by atoms with Gasteiger partial charge in [0.1, 0.15) is 0 Å². The summed E-state index contributed by atoms with van der Waals surface area (Å²) in [5.41, 5.74) is 7.09. The van der Waals surface area contributed by atoms with Gasteiger partial charge in [0.2, 0.25) is 5.95 Å². The van der Waals surface area contributed by atoms with Crippen molar-refractivity contribution in [2.75, 3.05) is 37.2 Å². The van der Waals surface area contributed by atoms with Crippen LogP contribution in [0, 0.1) is 0 Å². The van der Waals surface area contributed by atoms with Crippen LogP contribution in [0.15, 0.2) is 24.5 Å². The fraction of sp³-hybridized carbons (Fsp3) is 0.267. The fourth-order valence-corrected chi connectivity index (χ4v) is 2.83. The third kappa shape index (κ3) is 3.69. The minimum absolute atomic E-state index is 0.0679. The van der Waals surface area contributed by atoms with Gasteiger partial charge in [-0.15, -0.1) is 0 Å². The summed E-state index contributed by atoms with van der Waals surface area (Å²) in [5, 5.41) is 6.87. The number of hydrogen-bond acceptors (Lipinski definition) is 6. The Morgan fingerprint density at radius 2 is 1.75 bits per heavy atom. The fourth-order valence-electron chi connectivity index (χ4n) is 2.34. The second-order valence-electron chi connectivity index (χ2n) is 5.32. The van der Waals surface area contributed by atoms with Crippen LogP contribution in [0.2, 0.25) is 10.0 Å². The maximum absolute atomic E-state index is 12.3. The smallest absolute Gasteiger partial charge is 0.257 e. The lowest BCUT2D eigenvalue weighted by Crippen LogP contribution is -2.46. The van der Waals surface area contributed by atoms with Crippen molar-refractivity contribution in [3.05, 3.63) is 40.1 Å². The lowest BCUT2D eigenvalue weighted by Gasteiger charge is -2.27. The third-order valence-electron chi connectivity index (χ3n) is 3.64. The van der Waals surface area contributed by atoms with E-state index in [-0.39, 0.29) is 5.91 Å². The van der Waals surface area contributed by atoms with Crippen LogP contribution in [0.3, 0.4) is 0 Å². The van der Waals surface area contributed by atoms with Gasteiger partial charge in [0.05, 0.1) is 21.3 Å². The molecule has 0 aliphatic carbocycles. The molecule has 9 heteroatoms. The minimum atomic E-state index is -0.0679. The van der Waals surface area contributed by atoms with Crippen LogP contribution in [-0.2, 0) is 0 Å². The van der Waals surface area contributed by atoms with Gasteiger partial charge in [-0.2, -0.15) is 0 Å². The highest BCUT2D eigenvalue weighted by Crippen LogP contribution is 2.31. The number of nitrogens with one attached hydrogen (secondary N) is 2. The molecule has 1 aromatic heterocycles. The maximum atomic E-state index is 12.3. The number of piperazine rings is 1. The number of nitrogen functional groups attached to an aromatic ring is 1. The molecule has 0 unspecified atom stereocenters. The Bertz CT molecular complexity index is 723. The number of hydrogen-bond donors (Lipinski definition) is 3. The number of anilines is 3. The van der Waals surface area contributed by atoms with Crippen LogP contribution in [-0.4, -0.2) is 47.0 Å². The first kappa shape index (κ1) is 16.8. The van der Waals surface area contributed by atoms with Gasteiger partial charge in [-0.05, 0) is 12.1 Å². The quantitative estimate of drug-likeness (QED) is 0.720. The molecule has 1 saturated heterocycles. The number of nitrogens with zero attached hydrogens (tertiary/aromatic N) is 3. The van der Waals surface area contributed by atoms with Gasteiger partial charge in [0, 0.05) is 44.3 Å². The van der Waals surface area contributed by atoms with E-state index < -0.39 is 0 Å². The molecule has 126 valence electrons. The zero-order valence-electron chi connectivity index (χ0n) is 12.7. The monoisotopic (exact) mass is 366 g/mol. The molecule has 0 bridgehead atoms. The highest BCUT2D eigenvalue weighted by atomic mass is 35.5. The van der Waals surface area contributed by atoms with E-state index in [9.17, 15) is 4.79 Å². The van der Waals surface area contributed by atoms with E-state index in [0.29, 0.717) is 46.0 Å². The molecule has 1 aromatic carbocycles. The van der Waals surface area contributed by atoms with Crippen molar-refractivity contribution >= 4 is 46.4 Å². The summed E-state index contributed by atoms with van der Waals surface area (Å²) in [4.78, 5) is 22.5. The Kier molecular flexibility index (Phi) is 5.03. The van der Waals surface area contributed by atoms with E-state index in [0.717, 1.165) is 13.1 Å². The number of halogens is 2. The van der Waals surface area contributed by atoms with Gasteiger partial charge in [0.25, 0.3) is 5.91 Å². The van der Waals surface area contributed by atoms with Crippen LogP contribution in [0.4, 0.5) is 17.3 Å². The summed E-state index contributed by atoms with van der Waals surface area (Å²) in [7, 11) is 0. The normalized spacial score (nSPS) is 14.5. The summed E-state index contributed by atoms with van der Waals surface area (Å²) in [5.74, 6) is 0.269. The summed E-state index contributed by atoms with van der Waals surface area (Å²) < 4.78 is 0. The van der Waals surface area contributed by atoms with Crippen molar-refractivity contribution < 1.29 is 4.79 Å². The average Bonchev–Trinajstić information content (AvgIpc) is 2.60. The molecule has 2 aromatic rings. The van der Waals surface area contributed by atoms with Gasteiger partial charge in [-0.1, -0.05) is 23.2 Å². The zero-order chi connectivity index (χ0) is 17.1. The van der Waals surface area contributed by atoms with Crippen molar-refractivity contribution in [2.45, 2.75) is 0 Å². The summed E-state index contributed by atoms with van der Waals surface area (Å²) in [6.07, 6.45) is 3.00. The third-order valence-corrected chi connectivity index (χ3v) is 4.26. The molecule has 1 aliphatic heterocycles. The van der Waals surface area contributed by atoms with E-state index in [1.54, 1.807) is 17.0 Å². The number of nitrogens with two attached hydrogens (primary N) is 1. The summed E-state index contributed by atoms with van der Waals surface area (Å²) in [6, 6.07) is 3.26. The van der Waals surface area contributed by atoms with Crippen molar-refractivity contribution in [1.82, 2.24) is 20.2 Å². The summed E-state index contributed by atoms with van der Waals surface area (Å²) >= 11 is 12.0. The second kappa shape index (κ2) is 7.21. The molecule has 0 spiro atoms. The lowest BCUT2D eigenvalue weighted by molar-refractivity contribution is 0.0735. The highest BCUT2D eigenvalue weighted by Gasteiger charge is 2.18. The van der Waals surface area contributed by atoms with Crippen molar-refractivity contribution in [3.8, 4) is 0 Å². The van der Waals surface area contributed by atoms with E-state index in [4.69, 9.17) is 28.9 Å². The van der Waals surface area contributed by atoms with Crippen molar-refractivity contribution in [2.24, 2.45) is 0 Å². The van der Waals surface area contributed by atoms with Gasteiger partial charge in [-0.3, -0.25) is 4.79 Å². The Hall–Kier alpha value is -2.09. The molecule has 7 nitrogen and oxygen atoms in total. The van der Waals surface area contributed by atoms with Gasteiger partial charge in [0.15, 0.2) is 0 Å². The van der Waals surface area contributed by atoms with E-state index in [1.165, 1.54) is 12.4 Å². The van der Waals surface area contributed by atoms with E-state index >= 15 is 0 Å². The Morgan fingerprint density at radius 1 is 1.17 bits per heavy atom. The zero-order valence-corrected chi connectivity index (χ0v) is 14.2. The van der Waals surface area contributed by atoms with Gasteiger partial charge < -0.3 is 21.3 Å². The Morgan fingerprint density at radius 3 is 2.33 bits per heavy atom. The second-order valence-corrected chi connectivity index (χ2v) is 6.13. The molecule has 1 fully saturated rings. The largest absolute Gasteiger partial charge is 0.396 e. The first-order valence-corrected chi connectivity index (χ1v) is 8.14. The topological polar surface area (TPSA) is 96.2 Å². The lowest BCUT2D eigenvalue weighted by atomic mass is 10.2. The molecule has 2 heterocycles. The molecule has 0 saturated carbocycles. The number of aromatic nitrogens is 2. The van der Waals surface area contributed by atoms with Gasteiger partial charge >= 0.3 is 0 Å². The van der Waals surface area contributed by atoms with Crippen molar-refractivity contribution in [3.63, 3.8) is 0 Å². The molecule has 0 atom stereocenters. The first-order valence-electron chi connectivity index (χ1n) is 7.38. The van der Waals surface area contributed by atoms with Crippen LogP contribution in [0.5, 0.6) is 0 Å². The first-order chi connectivity index (χ1) is 11.5. The van der Waals surface area contributed by atoms with Crippen molar-refractivity contribution in [1.29, 1.82) is 0 Å². The number of carbonyl (C=O) groups excluding carboxylic acids is 1. The van der Waals surface area contributed by atoms with Crippen LogP contribution < -0.4 is 16.4 Å². The number of benzene rings is 1. The molecule has 24 heavy (non-hydrogen) atoms. The van der Waals surface area contributed by atoms with Crippen LogP contribution in [0.1, 0.15) is 10.4 Å².